The van der Waals surface area contributed by atoms with Gasteiger partial charge in [-0.1, -0.05) is 0 Å². The Bertz CT molecular complexity index is 1640. The van der Waals surface area contributed by atoms with E-state index in [4.69, 9.17) is 0 Å². The number of nitrogens with zero attached hydrogens (tertiary/aromatic N) is 6. The summed E-state index contributed by atoms with van der Waals surface area (Å²) in [6.07, 6.45) is 3.25. The van der Waals surface area contributed by atoms with Gasteiger partial charge in [-0.05, 0) is 94.9 Å². The van der Waals surface area contributed by atoms with E-state index < -0.39 is 10.8 Å². The second kappa shape index (κ2) is 9.37. The first-order valence-electron chi connectivity index (χ1n) is 12.9. The van der Waals surface area contributed by atoms with Crippen molar-refractivity contribution >= 4 is 71.5 Å². The zero-order valence-electron chi connectivity index (χ0n) is 22.5. The number of ketones is 1. The van der Waals surface area contributed by atoms with Crippen LogP contribution in [0.5, 0.6) is 0 Å². The zero-order valence-corrected chi connectivity index (χ0v) is 25.6. The second-order valence-corrected chi connectivity index (χ2v) is 13.1. The Morgan fingerprint density at radius 1 is 0.700 bits per heavy atom. The molecule has 2 saturated heterocycles. The molecule has 0 unspecified atom stereocenters. The van der Waals surface area contributed by atoms with E-state index >= 15 is 0 Å². The molecule has 2 fully saturated rings. The Labute approximate surface area is 247 Å². The molecule has 0 atom stereocenters. The number of aryl methyl sites for hydroxylation is 2. The molecule has 204 valence electrons. The van der Waals surface area contributed by atoms with Gasteiger partial charge in [0.25, 0.3) is 11.8 Å². The van der Waals surface area contributed by atoms with Crippen LogP contribution in [0.4, 0.5) is 0 Å². The molecule has 2 aliphatic heterocycles. The van der Waals surface area contributed by atoms with Crippen LogP contribution in [0.2, 0.25) is 0 Å². The van der Waals surface area contributed by atoms with Crippen LogP contribution in [0, 0.1) is 24.7 Å². The van der Waals surface area contributed by atoms with E-state index in [1.54, 1.807) is 34.3 Å². The highest BCUT2D eigenvalue weighted by Gasteiger charge is 2.57. The fraction of sp³-hybridized carbons (Fsp3) is 0.345. The number of carbonyl (C=O) groups excluding carboxylic acids is 3. The maximum atomic E-state index is 13.9. The third kappa shape index (κ3) is 4.39. The van der Waals surface area contributed by atoms with Crippen LogP contribution >= 0.6 is 31.9 Å². The van der Waals surface area contributed by atoms with Crippen molar-refractivity contribution in [1.29, 1.82) is 0 Å². The van der Waals surface area contributed by atoms with Crippen molar-refractivity contribution in [3.63, 3.8) is 0 Å². The van der Waals surface area contributed by atoms with Crippen LogP contribution in [-0.4, -0.2) is 73.5 Å². The highest BCUT2D eigenvalue weighted by Crippen LogP contribution is 2.43. The van der Waals surface area contributed by atoms with Crippen molar-refractivity contribution in [3.8, 4) is 0 Å². The normalized spacial score (nSPS) is 22.7. The van der Waals surface area contributed by atoms with Crippen LogP contribution in [-0.2, 0) is 4.79 Å². The van der Waals surface area contributed by atoms with Gasteiger partial charge in [-0.25, -0.2) is 9.97 Å². The van der Waals surface area contributed by atoms with Crippen molar-refractivity contribution in [3.05, 3.63) is 68.1 Å². The number of Topliss-reactive ketones (excluding diaryl/α,β-unsaturated/α-hetero) is 1. The summed E-state index contributed by atoms with van der Waals surface area (Å²) in [4.78, 5) is 62.6. The van der Waals surface area contributed by atoms with Crippen molar-refractivity contribution < 1.29 is 14.4 Å². The maximum absolute atomic E-state index is 13.9. The number of halogens is 2. The quantitative estimate of drug-likeness (QED) is 0.299. The van der Waals surface area contributed by atoms with E-state index in [0.717, 1.165) is 11.1 Å². The summed E-state index contributed by atoms with van der Waals surface area (Å²) in [5.41, 5.74) is 3.50. The molecule has 40 heavy (non-hydrogen) atoms. The molecule has 2 aliphatic rings. The smallest absolute Gasteiger partial charge is 0.254 e. The summed E-state index contributed by atoms with van der Waals surface area (Å²) in [6, 6.07) is 7.25. The largest absolute Gasteiger partial charge is 0.337 e. The fourth-order valence-electron chi connectivity index (χ4n) is 6.28. The third-order valence-electron chi connectivity index (χ3n) is 8.01. The van der Waals surface area contributed by atoms with Gasteiger partial charge in [0.15, 0.2) is 5.78 Å². The number of carbonyl (C=O) groups is 3. The van der Waals surface area contributed by atoms with Gasteiger partial charge in [0.2, 0.25) is 0 Å². The van der Waals surface area contributed by atoms with Crippen molar-refractivity contribution in [2.45, 2.75) is 27.7 Å². The highest BCUT2D eigenvalue weighted by molar-refractivity contribution is 9.10. The standard InChI is InChI=1S/C29H26Br2N6O3/c1-15-5-19-21(34-23(30)9-32-19)7-17(15)25(38)36-11-28(3)13-37(14-29(4,12-36)27(28)40)26(39)18-8-22-20(6-16(18)2)33-10-24(31)35-22/h5-10H,11-14H2,1-4H3. The van der Waals surface area contributed by atoms with E-state index in [-0.39, 0.29) is 43.8 Å². The molecule has 2 amide bonds. The Kier molecular flexibility index (Phi) is 6.30. The maximum Gasteiger partial charge on any atom is 0.254 e. The van der Waals surface area contributed by atoms with Gasteiger partial charge < -0.3 is 9.80 Å². The number of amides is 2. The number of piperidine rings is 2. The minimum atomic E-state index is -0.905. The van der Waals surface area contributed by atoms with Crippen molar-refractivity contribution in [2.75, 3.05) is 26.2 Å². The van der Waals surface area contributed by atoms with Crippen LogP contribution in [0.25, 0.3) is 22.1 Å². The molecule has 2 aromatic heterocycles. The summed E-state index contributed by atoms with van der Waals surface area (Å²) in [7, 11) is 0. The lowest BCUT2D eigenvalue weighted by molar-refractivity contribution is -0.153. The molecule has 9 nitrogen and oxygen atoms in total. The molecule has 6 rings (SSSR count). The molecule has 2 bridgehead atoms. The van der Waals surface area contributed by atoms with E-state index in [2.05, 4.69) is 51.8 Å². The van der Waals surface area contributed by atoms with Gasteiger partial charge in [0.05, 0.1) is 45.3 Å². The fourth-order valence-corrected chi connectivity index (χ4v) is 6.87. The SMILES string of the molecule is Cc1cc2ncc(Br)nc2cc1C(=O)N1CC2(C)CN(C(=O)c3cc4nc(Br)cnc4cc3C)CC(C)(C1)C2=O. The molecule has 11 heteroatoms. The zero-order chi connectivity index (χ0) is 28.6. The number of rotatable bonds is 2. The molecule has 4 heterocycles. The molecular weight excluding hydrogens is 640 g/mol. The van der Waals surface area contributed by atoms with Gasteiger partial charge in [-0.15, -0.1) is 0 Å². The number of aromatic nitrogens is 4. The van der Waals surface area contributed by atoms with Crippen LogP contribution in [0.15, 0.2) is 45.9 Å². The van der Waals surface area contributed by atoms with Gasteiger partial charge >= 0.3 is 0 Å². The number of hydrogen-bond donors (Lipinski definition) is 0. The molecule has 0 N–H and O–H groups in total. The summed E-state index contributed by atoms with van der Waals surface area (Å²) in [5.74, 6) is -0.219. The van der Waals surface area contributed by atoms with Gasteiger partial charge in [-0.2, -0.15) is 0 Å². The Balaban J connectivity index is 1.31. The average molecular weight is 666 g/mol. The lowest BCUT2D eigenvalue weighted by Crippen LogP contribution is -2.69. The van der Waals surface area contributed by atoms with E-state index in [9.17, 15) is 14.4 Å². The third-order valence-corrected chi connectivity index (χ3v) is 8.77. The van der Waals surface area contributed by atoms with Crippen LogP contribution < -0.4 is 0 Å². The van der Waals surface area contributed by atoms with E-state index in [0.29, 0.717) is 42.4 Å². The monoisotopic (exact) mass is 664 g/mol. The Morgan fingerprint density at radius 3 is 1.45 bits per heavy atom. The second-order valence-electron chi connectivity index (χ2n) is 11.5. The molecule has 0 radical (unpaired) electrons. The number of hydrogen-bond acceptors (Lipinski definition) is 7. The Morgan fingerprint density at radius 2 is 1.07 bits per heavy atom. The highest BCUT2D eigenvalue weighted by atomic mass is 79.9. The van der Waals surface area contributed by atoms with Crippen molar-refractivity contribution in [1.82, 2.24) is 29.7 Å². The summed E-state index contributed by atoms with van der Waals surface area (Å²) in [6.45, 7) is 8.37. The lowest BCUT2D eigenvalue weighted by atomic mass is 9.64. The minimum Gasteiger partial charge on any atom is -0.337 e. The lowest BCUT2D eigenvalue weighted by Gasteiger charge is -2.55. The van der Waals surface area contributed by atoms with Gasteiger partial charge in [0.1, 0.15) is 9.21 Å². The van der Waals surface area contributed by atoms with Gasteiger partial charge in [-0.3, -0.25) is 24.4 Å². The van der Waals surface area contributed by atoms with E-state index in [1.165, 1.54) is 0 Å². The summed E-state index contributed by atoms with van der Waals surface area (Å²) in [5, 5.41) is 0. The average Bonchev–Trinajstić information content (AvgIpc) is 2.89. The molecule has 0 aliphatic carbocycles. The topological polar surface area (TPSA) is 109 Å². The van der Waals surface area contributed by atoms with Crippen LogP contribution in [0.3, 0.4) is 0 Å². The minimum absolute atomic E-state index is 0.0863. The predicted molar refractivity (Wildman–Crippen MR) is 157 cm³/mol. The number of benzene rings is 2. The van der Waals surface area contributed by atoms with Gasteiger partial charge in [0, 0.05) is 37.3 Å². The van der Waals surface area contributed by atoms with E-state index in [1.807, 2.05) is 39.8 Å². The van der Waals surface area contributed by atoms with Crippen molar-refractivity contribution in [2.24, 2.45) is 10.8 Å². The predicted octanol–water partition coefficient (Wildman–Crippen LogP) is 4.91. The van der Waals surface area contributed by atoms with Crippen LogP contribution in [0.1, 0.15) is 45.7 Å². The molecule has 4 aromatic rings. The number of fused-ring (bicyclic) bond motifs is 4. The molecular formula is C29H26Br2N6O3. The summed E-state index contributed by atoms with van der Waals surface area (Å²) < 4.78 is 1.18. The first kappa shape index (κ1) is 26.9. The number of likely N-dealkylation sites (tertiary alicyclic amines) is 2. The first-order valence-corrected chi connectivity index (χ1v) is 14.4. The summed E-state index contributed by atoms with van der Waals surface area (Å²) >= 11 is 6.70. The first-order chi connectivity index (χ1) is 18.9. The molecule has 2 aromatic carbocycles. The molecule has 0 saturated carbocycles. The Hall–Kier alpha value is -3.31. The molecule has 0 spiro atoms.